The first-order chi connectivity index (χ1) is 20.5. The first-order valence-electron chi connectivity index (χ1n) is 14.0. The lowest BCUT2D eigenvalue weighted by Gasteiger charge is -2.33. The lowest BCUT2D eigenvalue weighted by Crippen LogP contribution is -2.53. The van der Waals surface area contributed by atoms with Crippen LogP contribution in [0.3, 0.4) is 0 Å². The summed E-state index contributed by atoms with van der Waals surface area (Å²) in [6.07, 6.45) is 4.93. The van der Waals surface area contributed by atoms with Crippen molar-refractivity contribution in [2.24, 2.45) is 0 Å². The second kappa shape index (κ2) is 14.7. The Labute approximate surface area is 267 Å². The van der Waals surface area contributed by atoms with E-state index < -0.39 is 28.5 Å². The van der Waals surface area contributed by atoms with Crippen LogP contribution in [0.2, 0.25) is 15.1 Å². The highest BCUT2D eigenvalue weighted by Crippen LogP contribution is 2.29. The van der Waals surface area contributed by atoms with Crippen molar-refractivity contribution in [3.8, 4) is 5.75 Å². The number of carbonyl (C=O) groups is 2. The van der Waals surface area contributed by atoms with Crippen molar-refractivity contribution < 1.29 is 22.7 Å². The van der Waals surface area contributed by atoms with Crippen molar-refractivity contribution in [2.75, 3.05) is 18.0 Å². The molecule has 0 saturated heterocycles. The maximum Gasteiger partial charge on any atom is 0.264 e. The van der Waals surface area contributed by atoms with Gasteiger partial charge in [0.05, 0.1) is 17.7 Å². The maximum absolute atomic E-state index is 14.1. The van der Waals surface area contributed by atoms with Gasteiger partial charge in [-0.3, -0.25) is 13.9 Å². The number of ether oxygens (including phenoxy) is 1. The fourth-order valence-corrected chi connectivity index (χ4v) is 7.08. The lowest BCUT2D eigenvalue weighted by atomic mass is 9.95. The zero-order valence-electron chi connectivity index (χ0n) is 23.9. The van der Waals surface area contributed by atoms with Gasteiger partial charge in [0.25, 0.3) is 10.0 Å². The molecule has 1 N–H and O–H groups in total. The summed E-state index contributed by atoms with van der Waals surface area (Å²) >= 11 is 18.8. The monoisotopic (exact) mass is 665 g/mol. The van der Waals surface area contributed by atoms with Crippen LogP contribution in [0.5, 0.6) is 5.75 Å². The third-order valence-electron chi connectivity index (χ3n) is 7.50. The van der Waals surface area contributed by atoms with E-state index in [2.05, 4.69) is 5.32 Å². The fourth-order valence-electron chi connectivity index (χ4n) is 5.02. The summed E-state index contributed by atoms with van der Waals surface area (Å²) in [5.41, 5.74) is 0.754. The van der Waals surface area contributed by atoms with Crippen LogP contribution in [0.1, 0.15) is 44.6 Å². The van der Waals surface area contributed by atoms with Gasteiger partial charge in [-0.25, -0.2) is 8.42 Å². The number of nitrogens with zero attached hydrogens (tertiary/aromatic N) is 2. The molecule has 12 heteroatoms. The Morgan fingerprint density at radius 1 is 0.953 bits per heavy atom. The van der Waals surface area contributed by atoms with Gasteiger partial charge in [0.15, 0.2) is 0 Å². The van der Waals surface area contributed by atoms with Gasteiger partial charge < -0.3 is 15.0 Å². The van der Waals surface area contributed by atoms with Gasteiger partial charge >= 0.3 is 0 Å². The third-order valence-corrected chi connectivity index (χ3v) is 10.1. The Morgan fingerprint density at radius 2 is 1.63 bits per heavy atom. The van der Waals surface area contributed by atoms with Crippen LogP contribution in [0.15, 0.2) is 71.6 Å². The Balaban J connectivity index is 1.70. The molecule has 0 bridgehead atoms. The summed E-state index contributed by atoms with van der Waals surface area (Å²) in [6, 6.07) is 16.1. The van der Waals surface area contributed by atoms with Gasteiger partial charge in [0.1, 0.15) is 18.3 Å². The highest BCUT2D eigenvalue weighted by atomic mass is 35.5. The SMILES string of the molecule is COc1ccc(S(=O)(=O)N(CC(=O)N(Cc2ccc(Cl)cc2Cl)[C@H](C)C(=O)NC2CCCCC2)c2cccc(Cl)c2)cc1. The van der Waals surface area contributed by atoms with E-state index in [1.165, 1.54) is 42.3 Å². The average molecular weight is 667 g/mol. The molecule has 0 heterocycles. The Hall–Kier alpha value is -2.98. The number of hydrogen-bond acceptors (Lipinski definition) is 5. The normalized spacial score (nSPS) is 14.5. The zero-order valence-corrected chi connectivity index (χ0v) is 27.0. The molecule has 43 heavy (non-hydrogen) atoms. The number of anilines is 1. The molecule has 4 rings (SSSR count). The minimum atomic E-state index is -4.25. The summed E-state index contributed by atoms with van der Waals surface area (Å²) in [7, 11) is -2.77. The van der Waals surface area contributed by atoms with Crippen molar-refractivity contribution in [1.29, 1.82) is 0 Å². The molecule has 1 aliphatic rings. The summed E-state index contributed by atoms with van der Waals surface area (Å²) in [6.45, 7) is 0.989. The fraction of sp³-hybridized carbons (Fsp3) is 0.355. The number of sulfonamides is 1. The zero-order chi connectivity index (χ0) is 31.1. The van der Waals surface area contributed by atoms with Crippen LogP contribution in [0.4, 0.5) is 5.69 Å². The van der Waals surface area contributed by atoms with Crippen LogP contribution in [0.25, 0.3) is 0 Å². The van der Waals surface area contributed by atoms with E-state index in [1.54, 1.807) is 43.3 Å². The van der Waals surface area contributed by atoms with Crippen molar-refractivity contribution in [3.63, 3.8) is 0 Å². The summed E-state index contributed by atoms with van der Waals surface area (Å²) in [5, 5.41) is 4.12. The lowest BCUT2D eigenvalue weighted by molar-refractivity contribution is -0.139. The van der Waals surface area contributed by atoms with Crippen LogP contribution >= 0.6 is 34.8 Å². The molecule has 0 spiro atoms. The van der Waals surface area contributed by atoms with E-state index in [4.69, 9.17) is 39.5 Å². The molecule has 0 aromatic heterocycles. The van der Waals surface area contributed by atoms with E-state index in [9.17, 15) is 18.0 Å². The molecule has 1 atom stereocenters. The third kappa shape index (κ3) is 8.35. The maximum atomic E-state index is 14.1. The van der Waals surface area contributed by atoms with Crippen molar-refractivity contribution in [1.82, 2.24) is 10.2 Å². The number of halogens is 3. The number of hydrogen-bond donors (Lipinski definition) is 1. The van der Waals surface area contributed by atoms with E-state index in [0.717, 1.165) is 36.4 Å². The predicted octanol–water partition coefficient (Wildman–Crippen LogP) is 6.72. The quantitative estimate of drug-likeness (QED) is 0.245. The predicted molar refractivity (Wildman–Crippen MR) is 170 cm³/mol. The number of carbonyl (C=O) groups excluding carboxylic acids is 2. The number of nitrogens with one attached hydrogen (secondary N) is 1. The molecular formula is C31H34Cl3N3O5S. The summed E-state index contributed by atoms with van der Waals surface area (Å²) < 4.78 is 34.1. The molecule has 8 nitrogen and oxygen atoms in total. The van der Waals surface area contributed by atoms with Crippen molar-refractivity contribution in [3.05, 3.63) is 87.4 Å². The summed E-state index contributed by atoms with van der Waals surface area (Å²) in [4.78, 5) is 28.9. The Bertz CT molecular complexity index is 1550. The minimum absolute atomic E-state index is 0.0261. The van der Waals surface area contributed by atoms with Crippen molar-refractivity contribution in [2.45, 2.75) is 62.6 Å². The van der Waals surface area contributed by atoms with Crippen LogP contribution in [-0.2, 0) is 26.2 Å². The topological polar surface area (TPSA) is 96.0 Å². The van der Waals surface area contributed by atoms with E-state index in [-0.39, 0.29) is 29.1 Å². The Kier molecular flexibility index (Phi) is 11.2. The average Bonchev–Trinajstić information content (AvgIpc) is 2.99. The second-order valence-electron chi connectivity index (χ2n) is 10.4. The number of benzene rings is 3. The van der Waals surface area contributed by atoms with Gasteiger partial charge in [-0.15, -0.1) is 0 Å². The molecule has 1 saturated carbocycles. The molecule has 1 aliphatic carbocycles. The number of rotatable bonds is 11. The first kappa shape index (κ1) is 32.9. The molecule has 230 valence electrons. The Morgan fingerprint density at radius 3 is 2.26 bits per heavy atom. The molecule has 3 aromatic carbocycles. The minimum Gasteiger partial charge on any atom is -0.497 e. The van der Waals surface area contributed by atoms with Gasteiger partial charge in [0.2, 0.25) is 11.8 Å². The second-order valence-corrected chi connectivity index (χ2v) is 13.6. The highest BCUT2D eigenvalue weighted by molar-refractivity contribution is 7.92. The van der Waals surface area contributed by atoms with E-state index in [1.807, 2.05) is 0 Å². The van der Waals surface area contributed by atoms with Gasteiger partial charge in [-0.1, -0.05) is 66.2 Å². The van der Waals surface area contributed by atoms with E-state index >= 15 is 0 Å². The van der Waals surface area contributed by atoms with Crippen molar-refractivity contribution >= 4 is 62.3 Å². The number of methoxy groups -OCH3 is 1. The molecule has 1 fully saturated rings. The highest BCUT2D eigenvalue weighted by Gasteiger charge is 2.33. The van der Waals surface area contributed by atoms with E-state index in [0.29, 0.717) is 26.4 Å². The van der Waals surface area contributed by atoms with Gasteiger partial charge in [-0.05, 0) is 79.9 Å². The van der Waals surface area contributed by atoms with Crippen LogP contribution in [-0.4, -0.2) is 50.9 Å². The van der Waals surface area contributed by atoms with Crippen LogP contribution in [0, 0.1) is 0 Å². The van der Waals surface area contributed by atoms with Crippen LogP contribution < -0.4 is 14.4 Å². The smallest absolute Gasteiger partial charge is 0.264 e. The largest absolute Gasteiger partial charge is 0.497 e. The molecule has 0 aliphatic heterocycles. The molecule has 2 amide bonds. The van der Waals surface area contributed by atoms with Gasteiger partial charge in [-0.2, -0.15) is 0 Å². The standard InChI is InChI=1S/C31H34Cl3N3O5S/c1-21(31(39)35-25-8-4-3-5-9-25)36(19-22-11-12-24(33)18-29(22)34)30(38)20-37(26-10-6-7-23(32)17-26)43(40,41)28-15-13-27(42-2)14-16-28/h6-7,10-18,21,25H,3-5,8-9,19-20H2,1-2H3,(H,35,39)/t21-/m1/s1. The summed E-state index contributed by atoms with van der Waals surface area (Å²) in [5.74, 6) is -0.444. The molecule has 0 radical (unpaired) electrons. The molecule has 0 unspecified atom stereocenters. The van der Waals surface area contributed by atoms with Gasteiger partial charge in [0, 0.05) is 27.7 Å². The first-order valence-corrected chi connectivity index (χ1v) is 16.5. The molecular weight excluding hydrogens is 633 g/mol. The molecule has 3 aromatic rings. The number of amides is 2.